The number of rotatable bonds is 3. The van der Waals surface area contributed by atoms with Crippen LogP contribution in [0.5, 0.6) is 0 Å². The Bertz CT molecular complexity index is 913. The maximum atomic E-state index is 13.9. The van der Waals surface area contributed by atoms with E-state index in [1.54, 1.807) is 6.07 Å². The van der Waals surface area contributed by atoms with Crippen molar-refractivity contribution in [3.05, 3.63) is 70.8 Å². The molecule has 0 aliphatic carbocycles. The predicted molar refractivity (Wildman–Crippen MR) is 68.8 cm³/mol. The molecule has 0 fully saturated rings. The van der Waals surface area contributed by atoms with E-state index in [0.717, 1.165) is 0 Å². The summed E-state index contributed by atoms with van der Waals surface area (Å²) in [7, 11) is 0. The number of tetrazole rings is 1. The highest BCUT2D eigenvalue weighted by molar-refractivity contribution is 6.06. The lowest BCUT2D eigenvalue weighted by molar-refractivity contribution is 0.102. The molecule has 0 spiro atoms. The van der Waals surface area contributed by atoms with Crippen molar-refractivity contribution < 1.29 is 26.7 Å². The fraction of sp³-hybridized carbons (Fsp3) is 0. The SMILES string of the molecule is O=C(c1ccccc1)c1nnnn1-c1c(F)c(F)c(F)c(F)c1F. The standard InChI is InChI=1S/C14H5F5N4O/c15-7-8(16)10(18)12(11(19)9(7)17)23-14(20-21-22-23)13(24)6-4-2-1-3-5-6/h1-5H. The largest absolute Gasteiger partial charge is 0.285 e. The van der Waals surface area contributed by atoms with Gasteiger partial charge in [0.05, 0.1) is 0 Å². The van der Waals surface area contributed by atoms with Gasteiger partial charge in [-0.25, -0.2) is 22.0 Å². The highest BCUT2D eigenvalue weighted by Crippen LogP contribution is 2.26. The highest BCUT2D eigenvalue weighted by atomic mass is 19.2. The molecule has 122 valence electrons. The average molecular weight is 340 g/mol. The van der Waals surface area contributed by atoms with E-state index < -0.39 is 46.4 Å². The van der Waals surface area contributed by atoms with E-state index >= 15 is 0 Å². The van der Waals surface area contributed by atoms with Gasteiger partial charge in [-0.2, -0.15) is 4.68 Å². The molecule has 5 nitrogen and oxygen atoms in total. The van der Waals surface area contributed by atoms with Gasteiger partial charge in [-0.3, -0.25) is 4.79 Å². The molecule has 0 aliphatic heterocycles. The molecule has 0 aliphatic rings. The lowest BCUT2D eigenvalue weighted by Crippen LogP contribution is -2.16. The highest BCUT2D eigenvalue weighted by Gasteiger charge is 2.30. The molecule has 2 aromatic carbocycles. The molecule has 0 N–H and O–H groups in total. The number of hydrogen-bond donors (Lipinski definition) is 0. The van der Waals surface area contributed by atoms with E-state index in [1.165, 1.54) is 24.3 Å². The summed E-state index contributed by atoms with van der Waals surface area (Å²) in [5.41, 5.74) is -1.37. The molecule has 24 heavy (non-hydrogen) atoms. The zero-order valence-electron chi connectivity index (χ0n) is 11.5. The van der Waals surface area contributed by atoms with Gasteiger partial charge >= 0.3 is 0 Å². The van der Waals surface area contributed by atoms with Crippen LogP contribution in [0.2, 0.25) is 0 Å². The average Bonchev–Trinajstić information content (AvgIpc) is 3.08. The van der Waals surface area contributed by atoms with Crippen LogP contribution in [0.1, 0.15) is 16.2 Å². The van der Waals surface area contributed by atoms with E-state index in [0.29, 0.717) is 0 Å². The first kappa shape index (κ1) is 15.7. The van der Waals surface area contributed by atoms with Crippen LogP contribution in [0.3, 0.4) is 0 Å². The molecular formula is C14H5F5N4O. The normalized spacial score (nSPS) is 10.9. The molecule has 1 aromatic heterocycles. The molecule has 0 saturated carbocycles. The van der Waals surface area contributed by atoms with E-state index in [-0.39, 0.29) is 10.2 Å². The van der Waals surface area contributed by atoms with E-state index in [9.17, 15) is 26.7 Å². The number of hydrogen-bond acceptors (Lipinski definition) is 4. The van der Waals surface area contributed by atoms with Crippen molar-refractivity contribution in [2.45, 2.75) is 0 Å². The van der Waals surface area contributed by atoms with Crippen LogP contribution in [-0.2, 0) is 0 Å². The summed E-state index contributed by atoms with van der Waals surface area (Å²) in [6, 6.07) is 7.39. The Kier molecular flexibility index (Phi) is 3.80. The van der Waals surface area contributed by atoms with Crippen molar-refractivity contribution in [2.24, 2.45) is 0 Å². The van der Waals surface area contributed by atoms with Gasteiger partial charge in [-0.15, -0.1) is 5.10 Å². The summed E-state index contributed by atoms with van der Waals surface area (Å²) in [5.74, 6) is -12.5. The monoisotopic (exact) mass is 340 g/mol. The molecule has 3 aromatic rings. The van der Waals surface area contributed by atoms with Gasteiger partial charge in [-0.1, -0.05) is 30.3 Å². The molecule has 0 radical (unpaired) electrons. The molecule has 3 rings (SSSR count). The Morgan fingerprint density at radius 2 is 1.38 bits per heavy atom. The van der Waals surface area contributed by atoms with Crippen LogP contribution in [0.15, 0.2) is 30.3 Å². The number of aromatic nitrogens is 4. The number of carbonyl (C=O) groups is 1. The molecule has 0 amide bonds. The summed E-state index contributed by atoms with van der Waals surface area (Å²) in [6.07, 6.45) is 0. The van der Waals surface area contributed by atoms with Crippen molar-refractivity contribution >= 4 is 5.78 Å². The molecule has 0 bridgehead atoms. The first-order valence-electron chi connectivity index (χ1n) is 6.33. The molecule has 0 atom stereocenters. The molecular weight excluding hydrogens is 335 g/mol. The summed E-state index contributed by atoms with van der Waals surface area (Å²) in [6.45, 7) is 0. The third kappa shape index (κ3) is 2.32. The van der Waals surface area contributed by atoms with Crippen LogP contribution in [0.25, 0.3) is 5.69 Å². The molecule has 0 unspecified atom stereocenters. The smallest absolute Gasteiger partial charge is 0.232 e. The number of carbonyl (C=O) groups excluding carboxylic acids is 1. The van der Waals surface area contributed by atoms with Gasteiger partial charge < -0.3 is 0 Å². The minimum absolute atomic E-state index is 0.0671. The second kappa shape index (κ2) is 5.80. The van der Waals surface area contributed by atoms with E-state index in [4.69, 9.17) is 0 Å². The van der Waals surface area contributed by atoms with E-state index in [2.05, 4.69) is 15.5 Å². The van der Waals surface area contributed by atoms with Gasteiger partial charge in [0.2, 0.25) is 17.4 Å². The minimum atomic E-state index is -2.32. The maximum Gasteiger partial charge on any atom is 0.232 e. The Labute approximate surface area is 130 Å². The van der Waals surface area contributed by atoms with Crippen LogP contribution in [0, 0.1) is 29.1 Å². The van der Waals surface area contributed by atoms with Crippen LogP contribution >= 0.6 is 0 Å². The van der Waals surface area contributed by atoms with Crippen LogP contribution < -0.4 is 0 Å². The number of nitrogens with zero attached hydrogens (tertiary/aromatic N) is 4. The Balaban J connectivity index is 2.21. The molecule has 10 heteroatoms. The first-order valence-corrected chi connectivity index (χ1v) is 6.33. The Hall–Kier alpha value is -3.17. The fourth-order valence-corrected chi connectivity index (χ4v) is 1.98. The van der Waals surface area contributed by atoms with Crippen molar-refractivity contribution in [1.29, 1.82) is 0 Å². The topological polar surface area (TPSA) is 60.7 Å². The quantitative estimate of drug-likeness (QED) is 0.318. The van der Waals surface area contributed by atoms with Gasteiger partial charge in [-0.05, 0) is 10.4 Å². The first-order chi connectivity index (χ1) is 11.4. The Morgan fingerprint density at radius 3 is 1.96 bits per heavy atom. The van der Waals surface area contributed by atoms with Crippen molar-refractivity contribution in [1.82, 2.24) is 20.2 Å². The summed E-state index contributed by atoms with van der Waals surface area (Å²) < 4.78 is 67.7. The maximum absolute atomic E-state index is 13.9. The number of benzene rings is 2. The predicted octanol–water partition coefficient (Wildman–Crippen LogP) is 2.59. The van der Waals surface area contributed by atoms with Crippen molar-refractivity contribution in [2.75, 3.05) is 0 Å². The summed E-state index contributed by atoms with van der Waals surface area (Å²) in [5, 5.41) is 9.56. The van der Waals surface area contributed by atoms with E-state index in [1.807, 2.05) is 0 Å². The number of halogens is 5. The molecule has 1 heterocycles. The van der Waals surface area contributed by atoms with Crippen molar-refractivity contribution in [3.63, 3.8) is 0 Å². The van der Waals surface area contributed by atoms with Crippen LogP contribution in [-0.4, -0.2) is 26.0 Å². The van der Waals surface area contributed by atoms with Gasteiger partial charge in [0.15, 0.2) is 23.3 Å². The minimum Gasteiger partial charge on any atom is -0.285 e. The zero-order chi connectivity index (χ0) is 17.4. The van der Waals surface area contributed by atoms with Gasteiger partial charge in [0.25, 0.3) is 0 Å². The Morgan fingerprint density at radius 1 is 0.833 bits per heavy atom. The lowest BCUT2D eigenvalue weighted by Gasteiger charge is -2.09. The van der Waals surface area contributed by atoms with Crippen molar-refractivity contribution in [3.8, 4) is 5.69 Å². The van der Waals surface area contributed by atoms with Crippen LogP contribution in [0.4, 0.5) is 22.0 Å². The summed E-state index contributed by atoms with van der Waals surface area (Å²) >= 11 is 0. The molecule has 0 saturated heterocycles. The third-order valence-corrected chi connectivity index (χ3v) is 3.11. The van der Waals surface area contributed by atoms with Gasteiger partial charge in [0.1, 0.15) is 5.69 Å². The second-order valence-corrected chi connectivity index (χ2v) is 4.53. The fourth-order valence-electron chi connectivity index (χ4n) is 1.98. The number of ketones is 1. The van der Waals surface area contributed by atoms with Gasteiger partial charge in [0, 0.05) is 5.56 Å². The zero-order valence-corrected chi connectivity index (χ0v) is 11.5. The summed E-state index contributed by atoms with van der Waals surface area (Å²) in [4.78, 5) is 12.3. The lowest BCUT2D eigenvalue weighted by atomic mass is 10.1. The second-order valence-electron chi connectivity index (χ2n) is 4.53. The third-order valence-electron chi connectivity index (χ3n) is 3.11.